The highest BCUT2D eigenvalue weighted by molar-refractivity contribution is 7.91. The molecule has 0 aromatic carbocycles. The summed E-state index contributed by atoms with van der Waals surface area (Å²) in [4.78, 5) is 4.82. The maximum absolute atomic E-state index is 12.5. The first-order valence-electron chi connectivity index (χ1n) is 6.09. The molecule has 0 saturated heterocycles. The average molecular weight is 311 g/mol. The Labute approximate surface area is 123 Å². The quantitative estimate of drug-likeness (QED) is 0.912. The molecule has 0 saturated carbocycles. The van der Waals surface area contributed by atoms with Crippen LogP contribution in [0.5, 0.6) is 0 Å². The third kappa shape index (κ3) is 3.06. The number of thiophene rings is 1. The van der Waals surface area contributed by atoms with Crippen LogP contribution in [-0.4, -0.2) is 24.8 Å². The van der Waals surface area contributed by atoms with Gasteiger partial charge in [-0.05, 0) is 36.2 Å². The predicted octanol–water partition coefficient (Wildman–Crippen LogP) is 1.73. The van der Waals surface area contributed by atoms with E-state index in [0.29, 0.717) is 17.3 Å². The Hall–Kier alpha value is -1.28. The summed E-state index contributed by atoms with van der Waals surface area (Å²) in [6.45, 7) is 2.56. The molecule has 20 heavy (non-hydrogen) atoms. The zero-order chi connectivity index (χ0) is 14.8. The maximum atomic E-state index is 12.5. The topological polar surface area (TPSA) is 76.3 Å². The number of pyridine rings is 1. The second kappa shape index (κ2) is 6.01. The van der Waals surface area contributed by atoms with Crippen molar-refractivity contribution in [2.75, 3.05) is 7.05 Å². The molecule has 108 valence electrons. The van der Waals surface area contributed by atoms with Crippen molar-refractivity contribution in [1.29, 1.82) is 0 Å². The lowest BCUT2D eigenvalue weighted by Gasteiger charge is -2.15. The zero-order valence-corrected chi connectivity index (χ0v) is 13.0. The maximum Gasteiger partial charge on any atom is 0.252 e. The molecule has 2 aromatic heterocycles. The minimum atomic E-state index is -3.47. The van der Waals surface area contributed by atoms with Gasteiger partial charge >= 0.3 is 0 Å². The van der Waals surface area contributed by atoms with E-state index in [1.54, 1.807) is 37.6 Å². The minimum absolute atomic E-state index is 0.319. The zero-order valence-electron chi connectivity index (χ0n) is 11.4. The largest absolute Gasteiger partial charge is 0.326 e. The molecule has 2 rings (SSSR count). The highest BCUT2D eigenvalue weighted by atomic mass is 32.2. The van der Waals surface area contributed by atoms with Gasteiger partial charge in [0.25, 0.3) is 10.0 Å². The van der Waals surface area contributed by atoms with E-state index < -0.39 is 10.0 Å². The van der Waals surface area contributed by atoms with Crippen LogP contribution in [0.4, 0.5) is 0 Å². The van der Waals surface area contributed by atoms with Gasteiger partial charge in [-0.2, -0.15) is 4.31 Å². The summed E-state index contributed by atoms with van der Waals surface area (Å²) < 4.78 is 26.7. The van der Waals surface area contributed by atoms with Crippen LogP contribution in [0.15, 0.2) is 34.8 Å². The number of rotatable bonds is 5. The molecule has 0 fully saturated rings. The molecule has 5 nitrogen and oxygen atoms in total. The van der Waals surface area contributed by atoms with E-state index in [4.69, 9.17) is 5.73 Å². The minimum Gasteiger partial charge on any atom is -0.326 e. The lowest BCUT2D eigenvalue weighted by molar-refractivity contribution is 0.468. The van der Waals surface area contributed by atoms with E-state index in [1.165, 1.54) is 15.6 Å². The van der Waals surface area contributed by atoms with Crippen LogP contribution in [0.25, 0.3) is 0 Å². The lowest BCUT2D eigenvalue weighted by atomic mass is 10.3. The first-order valence-corrected chi connectivity index (χ1v) is 8.35. The highest BCUT2D eigenvalue weighted by Gasteiger charge is 2.23. The van der Waals surface area contributed by atoms with Gasteiger partial charge in [0.1, 0.15) is 4.21 Å². The van der Waals surface area contributed by atoms with Crippen LogP contribution in [0.3, 0.4) is 0 Å². The Balaban J connectivity index is 2.25. The number of nitrogens with two attached hydrogens (primary N) is 1. The van der Waals surface area contributed by atoms with Crippen molar-refractivity contribution in [3.05, 3.63) is 46.6 Å². The van der Waals surface area contributed by atoms with Gasteiger partial charge in [0.05, 0.1) is 0 Å². The summed E-state index contributed by atoms with van der Waals surface area (Å²) >= 11 is 1.24. The summed E-state index contributed by atoms with van der Waals surface area (Å²) in [5.74, 6) is 0. The molecule has 0 aliphatic rings. The summed E-state index contributed by atoms with van der Waals surface area (Å²) in [5, 5.41) is 0. The van der Waals surface area contributed by atoms with Crippen molar-refractivity contribution in [1.82, 2.24) is 9.29 Å². The number of aromatic nitrogens is 1. The fourth-order valence-corrected chi connectivity index (χ4v) is 4.64. The first kappa shape index (κ1) is 15.1. The average Bonchev–Trinajstić information content (AvgIpc) is 2.81. The van der Waals surface area contributed by atoms with Gasteiger partial charge < -0.3 is 5.73 Å². The van der Waals surface area contributed by atoms with E-state index in [-0.39, 0.29) is 0 Å². The van der Waals surface area contributed by atoms with Gasteiger partial charge in [0.15, 0.2) is 0 Å². The number of sulfonamides is 1. The van der Waals surface area contributed by atoms with E-state index in [2.05, 4.69) is 4.98 Å². The van der Waals surface area contributed by atoms with Gasteiger partial charge in [-0.3, -0.25) is 4.98 Å². The van der Waals surface area contributed by atoms with Gasteiger partial charge in [-0.15, -0.1) is 11.3 Å². The molecule has 2 heterocycles. The van der Waals surface area contributed by atoms with Gasteiger partial charge in [0, 0.05) is 37.4 Å². The van der Waals surface area contributed by atoms with Crippen molar-refractivity contribution >= 4 is 21.4 Å². The molecular formula is C13H17N3O2S2. The Morgan fingerprint density at radius 3 is 2.55 bits per heavy atom. The van der Waals surface area contributed by atoms with Gasteiger partial charge in [-0.1, -0.05) is 0 Å². The Morgan fingerprint density at radius 1 is 1.35 bits per heavy atom. The third-order valence-corrected chi connectivity index (χ3v) is 6.51. The molecule has 0 amide bonds. The van der Waals surface area contributed by atoms with E-state index >= 15 is 0 Å². The van der Waals surface area contributed by atoms with E-state index in [9.17, 15) is 8.42 Å². The molecule has 0 bridgehead atoms. The summed E-state index contributed by atoms with van der Waals surface area (Å²) in [6, 6.07) is 5.29. The monoisotopic (exact) mass is 311 g/mol. The summed E-state index contributed by atoms with van der Waals surface area (Å²) in [6.07, 6.45) is 3.30. The Morgan fingerprint density at radius 2 is 2.00 bits per heavy atom. The molecule has 0 atom stereocenters. The summed E-state index contributed by atoms with van der Waals surface area (Å²) in [7, 11) is -1.90. The highest BCUT2D eigenvalue weighted by Crippen LogP contribution is 2.28. The smallest absolute Gasteiger partial charge is 0.252 e. The fourth-order valence-electron chi connectivity index (χ4n) is 1.80. The van der Waals surface area contributed by atoms with E-state index in [0.717, 1.165) is 16.0 Å². The van der Waals surface area contributed by atoms with Gasteiger partial charge in [0.2, 0.25) is 0 Å². The molecule has 7 heteroatoms. The normalized spacial score (nSPS) is 12.0. The molecule has 0 aliphatic carbocycles. The van der Waals surface area contributed by atoms with Crippen molar-refractivity contribution in [2.45, 2.75) is 24.2 Å². The van der Waals surface area contributed by atoms with Crippen molar-refractivity contribution in [2.24, 2.45) is 5.73 Å². The van der Waals surface area contributed by atoms with Crippen LogP contribution in [0.1, 0.15) is 16.0 Å². The van der Waals surface area contributed by atoms with Crippen molar-refractivity contribution in [3.63, 3.8) is 0 Å². The molecule has 0 radical (unpaired) electrons. The van der Waals surface area contributed by atoms with Crippen LogP contribution >= 0.6 is 11.3 Å². The molecular weight excluding hydrogens is 294 g/mol. The predicted molar refractivity (Wildman–Crippen MR) is 79.8 cm³/mol. The molecule has 2 N–H and O–H groups in total. The molecule has 2 aromatic rings. The Kier molecular flexibility index (Phi) is 4.54. The summed E-state index contributed by atoms with van der Waals surface area (Å²) in [5.41, 5.74) is 7.43. The second-order valence-electron chi connectivity index (χ2n) is 4.49. The second-order valence-corrected chi connectivity index (χ2v) is 7.90. The van der Waals surface area contributed by atoms with Crippen molar-refractivity contribution in [3.8, 4) is 0 Å². The third-order valence-electron chi connectivity index (χ3n) is 3.00. The number of aryl methyl sites for hydroxylation is 1. The lowest BCUT2D eigenvalue weighted by Crippen LogP contribution is -2.25. The fraction of sp³-hybridized carbons (Fsp3) is 0.308. The van der Waals surface area contributed by atoms with Gasteiger partial charge in [-0.25, -0.2) is 8.42 Å². The molecule has 0 spiro atoms. The van der Waals surface area contributed by atoms with E-state index in [1.807, 2.05) is 6.92 Å². The number of hydrogen-bond donors (Lipinski definition) is 1. The van der Waals surface area contributed by atoms with Crippen LogP contribution in [0.2, 0.25) is 0 Å². The molecule has 0 unspecified atom stereocenters. The number of hydrogen-bond acceptors (Lipinski definition) is 5. The van der Waals surface area contributed by atoms with Crippen LogP contribution in [0, 0.1) is 6.92 Å². The number of nitrogens with zero attached hydrogens (tertiary/aromatic N) is 2. The van der Waals surface area contributed by atoms with Crippen LogP contribution < -0.4 is 5.73 Å². The van der Waals surface area contributed by atoms with Crippen LogP contribution in [-0.2, 0) is 23.1 Å². The standard InChI is InChI=1S/C13H17N3O2S2/c1-10-7-13(19-12(10)8-14)20(17,18)16(2)9-11-3-5-15-6-4-11/h3-7H,8-9,14H2,1-2H3. The first-order chi connectivity index (χ1) is 9.45. The molecule has 0 aliphatic heterocycles. The Bertz CT molecular complexity index is 681. The van der Waals surface area contributed by atoms with Crippen molar-refractivity contribution < 1.29 is 8.42 Å². The SMILES string of the molecule is Cc1cc(S(=O)(=O)N(C)Cc2ccncc2)sc1CN.